The van der Waals surface area contributed by atoms with Crippen molar-refractivity contribution in [2.45, 2.75) is 96.8 Å². The van der Waals surface area contributed by atoms with Gasteiger partial charge in [-0.25, -0.2) is 8.42 Å². The van der Waals surface area contributed by atoms with Crippen molar-refractivity contribution in [2.24, 2.45) is 0 Å². The Morgan fingerprint density at radius 3 is 1.36 bits per heavy atom. The molecule has 6 heteroatoms. The summed E-state index contributed by atoms with van der Waals surface area (Å²) in [7, 11) is -4.71. The Balaban J connectivity index is 0. The molecule has 0 saturated heterocycles. The van der Waals surface area contributed by atoms with E-state index in [0.29, 0.717) is 6.42 Å². The second-order valence-electron chi connectivity index (χ2n) is 5.82. The van der Waals surface area contributed by atoms with E-state index in [0.717, 1.165) is 19.3 Å². The van der Waals surface area contributed by atoms with Gasteiger partial charge in [-0.3, -0.25) is 4.79 Å². The quantitative estimate of drug-likeness (QED) is 0.273. The zero-order valence-corrected chi connectivity index (χ0v) is 17.3. The molecule has 0 atom stereocenters. The van der Waals surface area contributed by atoms with Gasteiger partial charge in [-0.1, -0.05) is 84.0 Å². The van der Waals surface area contributed by atoms with E-state index in [9.17, 15) is 17.8 Å². The van der Waals surface area contributed by atoms with Gasteiger partial charge in [0.15, 0.2) is 10.1 Å². The van der Waals surface area contributed by atoms with Gasteiger partial charge in [0.1, 0.15) is 0 Å². The molecule has 0 aliphatic heterocycles. The molecule has 0 bridgehead atoms. The molecule has 0 N–H and O–H groups in total. The predicted molar refractivity (Wildman–Crippen MR) is 85.0 cm³/mol. The molecule has 0 unspecified atom stereocenters. The van der Waals surface area contributed by atoms with E-state index in [-0.39, 0.29) is 36.0 Å². The molecule has 126 valence electrons. The standard InChI is InChI=1S/C16H32O4S.Na/c1-2-3-4-5-6-7-8-9-10-11-12-13-14-15-16(17)21(18,19)20;/h2-15H2,1H3,(H,18,19,20);/q;+1/p-1. The van der Waals surface area contributed by atoms with E-state index in [4.69, 9.17) is 0 Å². The summed E-state index contributed by atoms with van der Waals surface area (Å²) >= 11 is 0. The molecule has 0 aromatic carbocycles. The zero-order valence-electron chi connectivity index (χ0n) is 14.4. The molecule has 0 aromatic heterocycles. The third-order valence-corrected chi connectivity index (χ3v) is 4.53. The minimum absolute atomic E-state index is 0. The molecule has 0 amide bonds. The molecule has 0 aliphatic carbocycles. The topological polar surface area (TPSA) is 74.3 Å². The van der Waals surface area contributed by atoms with Gasteiger partial charge in [-0.2, -0.15) is 0 Å². The normalized spacial score (nSPS) is 11.2. The van der Waals surface area contributed by atoms with E-state index in [2.05, 4.69) is 6.92 Å². The number of rotatable bonds is 14. The largest absolute Gasteiger partial charge is 1.00 e. The molecule has 0 heterocycles. The second kappa shape index (κ2) is 16.4. The van der Waals surface area contributed by atoms with Crippen LogP contribution >= 0.6 is 0 Å². The smallest absolute Gasteiger partial charge is 0.742 e. The van der Waals surface area contributed by atoms with Crippen molar-refractivity contribution in [3.63, 3.8) is 0 Å². The minimum Gasteiger partial charge on any atom is -0.742 e. The fourth-order valence-electron chi connectivity index (χ4n) is 2.41. The molecule has 0 saturated carbocycles. The van der Waals surface area contributed by atoms with Gasteiger partial charge in [0, 0.05) is 6.42 Å². The first-order valence-corrected chi connectivity index (χ1v) is 9.88. The molecule has 0 radical (unpaired) electrons. The van der Waals surface area contributed by atoms with E-state index < -0.39 is 15.2 Å². The second-order valence-corrected chi connectivity index (χ2v) is 7.18. The Labute approximate surface area is 158 Å². The molecule has 22 heavy (non-hydrogen) atoms. The van der Waals surface area contributed by atoms with Crippen molar-refractivity contribution in [1.29, 1.82) is 0 Å². The molecule has 0 aliphatic rings. The first kappa shape index (κ1) is 24.8. The van der Waals surface area contributed by atoms with Crippen LogP contribution in [0.25, 0.3) is 0 Å². The van der Waals surface area contributed by atoms with E-state index >= 15 is 0 Å². The molecule has 0 spiro atoms. The van der Waals surface area contributed by atoms with Crippen molar-refractivity contribution >= 4 is 15.2 Å². The number of hydrogen-bond acceptors (Lipinski definition) is 4. The summed E-state index contributed by atoms with van der Waals surface area (Å²) in [6.45, 7) is 2.23. The van der Waals surface area contributed by atoms with Gasteiger partial charge in [0.2, 0.25) is 5.12 Å². The van der Waals surface area contributed by atoms with Crippen LogP contribution in [-0.4, -0.2) is 18.1 Å². The number of carbonyl (C=O) groups is 1. The number of hydrogen-bond donors (Lipinski definition) is 0. The summed E-state index contributed by atoms with van der Waals surface area (Å²) in [6.07, 6.45) is 15.2. The van der Waals surface area contributed by atoms with Gasteiger partial charge in [0.05, 0.1) is 0 Å². The molecular formula is C16H31NaO4S. The first-order chi connectivity index (χ1) is 9.98. The van der Waals surface area contributed by atoms with Crippen LogP contribution in [-0.2, 0) is 14.9 Å². The average molecular weight is 342 g/mol. The molecule has 0 aromatic rings. The molecule has 0 rings (SSSR count). The summed E-state index contributed by atoms with van der Waals surface area (Å²) < 4.78 is 31.1. The van der Waals surface area contributed by atoms with Crippen LogP contribution in [0.2, 0.25) is 0 Å². The summed E-state index contributed by atoms with van der Waals surface area (Å²) in [5.41, 5.74) is 0. The van der Waals surface area contributed by atoms with E-state index in [1.54, 1.807) is 0 Å². The van der Waals surface area contributed by atoms with Crippen molar-refractivity contribution in [2.75, 3.05) is 0 Å². The Morgan fingerprint density at radius 1 is 0.727 bits per heavy atom. The van der Waals surface area contributed by atoms with Crippen molar-refractivity contribution in [1.82, 2.24) is 0 Å². The fourth-order valence-corrected chi connectivity index (χ4v) is 2.81. The third-order valence-electron chi connectivity index (χ3n) is 3.76. The predicted octanol–water partition coefficient (Wildman–Crippen LogP) is 1.54. The zero-order chi connectivity index (χ0) is 16.0. The summed E-state index contributed by atoms with van der Waals surface area (Å²) in [6, 6.07) is 0. The Kier molecular flexibility index (Phi) is 18.6. The summed E-state index contributed by atoms with van der Waals surface area (Å²) in [5, 5.41) is -1.16. The van der Waals surface area contributed by atoms with Crippen LogP contribution in [0.1, 0.15) is 96.8 Å². The first-order valence-electron chi connectivity index (χ1n) is 8.47. The van der Waals surface area contributed by atoms with Crippen LogP contribution in [0.15, 0.2) is 0 Å². The SMILES string of the molecule is CCCCCCCCCCCCCCCC(=O)S(=O)(=O)[O-].[Na+]. The van der Waals surface area contributed by atoms with Gasteiger partial charge in [0.25, 0.3) is 0 Å². The van der Waals surface area contributed by atoms with Crippen molar-refractivity contribution in [3.8, 4) is 0 Å². The van der Waals surface area contributed by atoms with Crippen LogP contribution in [0.3, 0.4) is 0 Å². The van der Waals surface area contributed by atoms with E-state index in [1.165, 1.54) is 57.8 Å². The van der Waals surface area contributed by atoms with Gasteiger partial charge in [-0.15, -0.1) is 0 Å². The van der Waals surface area contributed by atoms with Gasteiger partial charge >= 0.3 is 29.6 Å². The van der Waals surface area contributed by atoms with Gasteiger partial charge in [-0.05, 0) is 6.42 Å². The maximum atomic E-state index is 10.9. The van der Waals surface area contributed by atoms with Crippen molar-refractivity contribution < 1.29 is 47.3 Å². The average Bonchev–Trinajstić information content (AvgIpc) is 2.42. The van der Waals surface area contributed by atoms with Crippen LogP contribution in [0.4, 0.5) is 0 Å². The van der Waals surface area contributed by atoms with Gasteiger partial charge < -0.3 is 4.55 Å². The van der Waals surface area contributed by atoms with E-state index in [1.807, 2.05) is 0 Å². The molecular weight excluding hydrogens is 311 g/mol. The maximum Gasteiger partial charge on any atom is 1.00 e. The minimum atomic E-state index is -4.71. The molecule has 0 fully saturated rings. The van der Waals surface area contributed by atoms with Crippen LogP contribution in [0, 0.1) is 0 Å². The Hall–Kier alpha value is 0.580. The summed E-state index contributed by atoms with van der Waals surface area (Å²) in [4.78, 5) is 10.9. The van der Waals surface area contributed by atoms with Crippen LogP contribution < -0.4 is 29.6 Å². The molecule has 4 nitrogen and oxygen atoms in total. The summed E-state index contributed by atoms with van der Waals surface area (Å²) in [5.74, 6) is 0. The number of unbranched alkanes of at least 4 members (excludes halogenated alkanes) is 12. The Bertz CT molecular complexity index is 355. The Morgan fingerprint density at radius 2 is 1.05 bits per heavy atom. The monoisotopic (exact) mass is 342 g/mol. The number of carbonyl (C=O) groups excluding carboxylic acids is 1. The van der Waals surface area contributed by atoms with Crippen molar-refractivity contribution in [3.05, 3.63) is 0 Å². The maximum absolute atomic E-state index is 10.9. The van der Waals surface area contributed by atoms with Crippen LogP contribution in [0.5, 0.6) is 0 Å². The third kappa shape index (κ3) is 16.9. The fraction of sp³-hybridized carbons (Fsp3) is 0.938.